The largest absolute Gasteiger partial charge is 0.406 e. The summed E-state index contributed by atoms with van der Waals surface area (Å²) in [6.45, 7) is 5.61. The Kier molecular flexibility index (Phi) is 6.85. The Morgan fingerprint density at radius 1 is 1.15 bits per heavy atom. The van der Waals surface area contributed by atoms with Gasteiger partial charge in [0.15, 0.2) is 11.0 Å². The van der Waals surface area contributed by atoms with E-state index in [0.717, 1.165) is 60.7 Å². The molecule has 0 atom stereocenters. The Hall–Kier alpha value is -3.36. The molecular formula is C25H31F3N8O2S. The fraction of sp³-hybridized carbons (Fsp3) is 0.440. The molecule has 0 unspecified atom stereocenters. The minimum atomic E-state index is -4.45. The van der Waals surface area contributed by atoms with E-state index in [9.17, 15) is 18.0 Å². The minimum Gasteiger partial charge on any atom is -0.379 e. The van der Waals surface area contributed by atoms with Gasteiger partial charge >= 0.3 is 6.18 Å². The number of aromatic nitrogens is 4. The van der Waals surface area contributed by atoms with Crippen LogP contribution in [0.4, 0.5) is 30.6 Å². The highest BCUT2D eigenvalue weighted by Gasteiger charge is 2.37. The highest BCUT2D eigenvalue weighted by molar-refractivity contribution is 7.99. The van der Waals surface area contributed by atoms with Crippen molar-refractivity contribution in [2.75, 3.05) is 56.2 Å². The van der Waals surface area contributed by atoms with E-state index in [4.69, 9.17) is 9.72 Å². The maximum absolute atomic E-state index is 12.9. The molecule has 0 aliphatic carbocycles. The van der Waals surface area contributed by atoms with Crippen molar-refractivity contribution in [3.63, 3.8) is 0 Å². The van der Waals surface area contributed by atoms with Crippen LogP contribution in [0.3, 0.4) is 0 Å². The molecule has 14 heteroatoms. The first-order valence-corrected chi connectivity index (χ1v) is 13.4. The lowest BCUT2D eigenvalue weighted by molar-refractivity contribution is -0.140. The van der Waals surface area contributed by atoms with Crippen LogP contribution in [0, 0.1) is 6.92 Å². The van der Waals surface area contributed by atoms with Gasteiger partial charge in [-0.15, -0.1) is 0 Å². The number of rotatable bonds is 7. The monoisotopic (exact) mass is 564 g/mol. The van der Waals surface area contributed by atoms with Crippen molar-refractivity contribution in [1.29, 1.82) is 0 Å². The second kappa shape index (κ2) is 10.3. The van der Waals surface area contributed by atoms with Crippen LogP contribution in [0.15, 0.2) is 40.4 Å². The van der Waals surface area contributed by atoms with Crippen molar-refractivity contribution >= 4 is 35.1 Å². The van der Waals surface area contributed by atoms with E-state index in [1.807, 2.05) is 19.1 Å². The quantitative estimate of drug-likeness (QED) is 0.413. The first kappa shape index (κ1) is 25.9. The van der Waals surface area contributed by atoms with E-state index in [0.29, 0.717) is 34.0 Å². The Morgan fingerprint density at radius 2 is 1.95 bits per heavy atom. The zero-order valence-corrected chi connectivity index (χ0v) is 22.0. The number of aryl methyl sites for hydroxylation is 1. The molecule has 3 aromatic rings. The Balaban J connectivity index is 0.00000194. The number of anilines is 3. The van der Waals surface area contributed by atoms with E-state index < -0.39 is 18.6 Å². The van der Waals surface area contributed by atoms with Gasteiger partial charge in [0, 0.05) is 69.9 Å². The lowest BCUT2D eigenvalue weighted by atomic mass is 10.1. The first-order valence-electron chi connectivity index (χ1n) is 12.6. The molecule has 210 valence electrons. The fourth-order valence-corrected chi connectivity index (χ4v) is 5.82. The number of fused-ring (bicyclic) bond motifs is 1. The van der Waals surface area contributed by atoms with Gasteiger partial charge in [-0.05, 0) is 42.4 Å². The normalized spacial score (nSPS) is 18.4. The molecule has 2 saturated heterocycles. The molecule has 2 N–H and O–H groups in total. The van der Waals surface area contributed by atoms with Gasteiger partial charge in [0.2, 0.25) is 0 Å². The second-order valence-corrected chi connectivity index (χ2v) is 10.9. The summed E-state index contributed by atoms with van der Waals surface area (Å²) in [7, 11) is 0. The summed E-state index contributed by atoms with van der Waals surface area (Å²) in [5, 5.41) is 10.8. The summed E-state index contributed by atoms with van der Waals surface area (Å²) in [5.41, 5.74) is 1.76. The molecule has 39 heavy (non-hydrogen) atoms. The smallest absolute Gasteiger partial charge is 0.379 e. The molecule has 0 bridgehead atoms. The molecule has 1 aromatic carbocycles. The van der Waals surface area contributed by atoms with Gasteiger partial charge in [-0.2, -0.15) is 18.3 Å². The summed E-state index contributed by atoms with van der Waals surface area (Å²) in [5.74, 6) is 1.38. The number of amides is 1. The average molecular weight is 565 g/mol. The van der Waals surface area contributed by atoms with Gasteiger partial charge in [-0.3, -0.25) is 14.8 Å². The number of ether oxygens (including phenoxy) is 1. The van der Waals surface area contributed by atoms with E-state index in [2.05, 4.69) is 30.3 Å². The molecule has 2 fully saturated rings. The van der Waals surface area contributed by atoms with Crippen LogP contribution >= 0.6 is 11.8 Å². The van der Waals surface area contributed by atoms with Crippen LogP contribution in [0.2, 0.25) is 0 Å². The number of morpholine rings is 1. The van der Waals surface area contributed by atoms with Crippen molar-refractivity contribution in [3.8, 4) is 0 Å². The maximum Gasteiger partial charge on any atom is 0.406 e. The number of hydrogen-bond donors (Lipinski definition) is 2. The minimum absolute atomic E-state index is 0. The third kappa shape index (κ3) is 5.82. The number of halogens is 3. The predicted octanol–water partition coefficient (Wildman–Crippen LogP) is 3.93. The Labute approximate surface area is 229 Å². The number of alkyl halides is 3. The molecule has 0 radical (unpaired) electrons. The molecule has 0 spiro atoms. The Bertz CT molecular complexity index is 1380. The van der Waals surface area contributed by atoms with Gasteiger partial charge < -0.3 is 19.9 Å². The summed E-state index contributed by atoms with van der Waals surface area (Å²) in [6, 6.07) is 9.24. The van der Waals surface area contributed by atoms with Crippen LogP contribution < -0.4 is 10.2 Å². The summed E-state index contributed by atoms with van der Waals surface area (Å²) in [4.78, 5) is 28.1. The molecule has 0 saturated carbocycles. The number of aromatic amines is 1. The number of H-pyrrole nitrogens is 1. The number of carbonyl (C=O) groups is 1. The van der Waals surface area contributed by atoms with E-state index in [-0.39, 0.29) is 9.40 Å². The van der Waals surface area contributed by atoms with Crippen LogP contribution in [0.25, 0.3) is 0 Å². The van der Waals surface area contributed by atoms with Crippen molar-refractivity contribution < 1.29 is 25.6 Å². The highest BCUT2D eigenvalue weighted by atomic mass is 32.2. The number of hydrogen-bond acceptors (Lipinski definition) is 9. The van der Waals surface area contributed by atoms with Gasteiger partial charge in [0.25, 0.3) is 5.91 Å². The van der Waals surface area contributed by atoms with Crippen molar-refractivity contribution in [3.05, 3.63) is 47.2 Å². The Morgan fingerprint density at radius 3 is 2.67 bits per heavy atom. The lowest BCUT2D eigenvalue weighted by Crippen LogP contribution is -2.61. The van der Waals surface area contributed by atoms with Gasteiger partial charge in [0.05, 0.1) is 13.2 Å². The van der Waals surface area contributed by atoms with Crippen molar-refractivity contribution in [1.82, 2.24) is 30.0 Å². The number of nitrogens with one attached hydrogen (secondary N) is 2. The molecule has 10 nitrogen and oxygen atoms in total. The molecule has 1 amide bonds. The highest BCUT2D eigenvalue weighted by Crippen LogP contribution is 2.34. The maximum atomic E-state index is 12.9. The molecule has 3 aliphatic rings. The van der Waals surface area contributed by atoms with Crippen LogP contribution in [0.1, 0.15) is 24.5 Å². The SMILES string of the molecule is Cc1cc(Nc2cc(N3CC(N4CCOCC4)C3)nc(Sc3ccc4c(c3)CN(CC(F)(F)F)C4=O)n2)n[nH]1.[HH].[HH]. The van der Waals surface area contributed by atoms with Crippen LogP contribution in [0.5, 0.6) is 0 Å². The standard InChI is InChI=1S/C25H27F3N8O2S.2H2/c1-15-8-21(33-32-15)29-20-10-22(35-12-17(13-35)34-4-6-38-7-5-34)31-24(30-20)39-18-2-3-19-16(9-18)11-36(23(19)37)14-25(26,27)28;;/h2-3,8-10,17H,4-7,11-14H2,1H3,(H2,29,30,31,32,33);2*1H. The zero-order valence-electron chi connectivity index (χ0n) is 21.2. The molecule has 6 rings (SSSR count). The fourth-order valence-electron chi connectivity index (χ4n) is 4.98. The molecule has 2 aromatic heterocycles. The van der Waals surface area contributed by atoms with Crippen molar-refractivity contribution in [2.24, 2.45) is 0 Å². The lowest BCUT2D eigenvalue weighted by Gasteiger charge is -2.47. The van der Waals surface area contributed by atoms with E-state index in [1.165, 1.54) is 11.8 Å². The topological polar surface area (TPSA) is 103 Å². The summed E-state index contributed by atoms with van der Waals surface area (Å²) < 4.78 is 44.2. The summed E-state index contributed by atoms with van der Waals surface area (Å²) >= 11 is 1.30. The van der Waals surface area contributed by atoms with Crippen LogP contribution in [-0.4, -0.2) is 94.0 Å². The number of benzene rings is 1. The van der Waals surface area contributed by atoms with E-state index >= 15 is 0 Å². The molecular weight excluding hydrogens is 533 g/mol. The average Bonchev–Trinajstić information content (AvgIpc) is 3.39. The molecule has 3 aliphatic heterocycles. The first-order chi connectivity index (χ1) is 18.7. The van der Waals surface area contributed by atoms with Gasteiger partial charge in [-0.25, -0.2) is 9.97 Å². The number of carbonyl (C=O) groups excluding carboxylic acids is 1. The second-order valence-electron chi connectivity index (χ2n) is 9.86. The number of nitrogens with zero attached hydrogens (tertiary/aromatic N) is 6. The van der Waals surface area contributed by atoms with Gasteiger partial charge in [-0.1, -0.05) is 0 Å². The third-order valence-corrected chi connectivity index (χ3v) is 7.79. The summed E-state index contributed by atoms with van der Waals surface area (Å²) in [6.07, 6.45) is -4.45. The predicted molar refractivity (Wildman–Crippen MR) is 143 cm³/mol. The van der Waals surface area contributed by atoms with Gasteiger partial charge in [0.1, 0.15) is 18.2 Å². The van der Waals surface area contributed by atoms with Crippen molar-refractivity contribution in [2.45, 2.75) is 35.7 Å². The van der Waals surface area contributed by atoms with Crippen LogP contribution in [-0.2, 0) is 11.3 Å². The zero-order chi connectivity index (χ0) is 27.1. The third-order valence-electron chi connectivity index (χ3n) is 6.94. The molecule has 5 heterocycles. The van der Waals surface area contributed by atoms with E-state index in [1.54, 1.807) is 18.2 Å².